The number of carbonyl (C=O) groups excluding carboxylic acids is 1. The zero-order valence-electron chi connectivity index (χ0n) is 9.05. The number of aliphatic carboxylic acids is 1. The maximum Gasteiger partial charge on any atom is 0.303 e. The molecule has 1 N–H and O–H groups in total. The molecule has 0 aliphatic rings. The molecule has 16 heavy (non-hydrogen) atoms. The van der Waals surface area contributed by atoms with Crippen LogP contribution in [0.5, 0.6) is 0 Å². The second-order valence-electron chi connectivity index (χ2n) is 3.51. The Bertz CT molecular complexity index is 362. The van der Waals surface area contributed by atoms with Crippen molar-refractivity contribution in [2.75, 3.05) is 0 Å². The summed E-state index contributed by atoms with van der Waals surface area (Å²) >= 11 is 1.19. The third kappa shape index (κ3) is 4.49. The molecule has 3 nitrogen and oxygen atoms in total. The van der Waals surface area contributed by atoms with Gasteiger partial charge < -0.3 is 5.11 Å². The van der Waals surface area contributed by atoms with Crippen molar-refractivity contribution in [3.63, 3.8) is 0 Å². The monoisotopic (exact) mass is 238 g/mol. The zero-order valence-corrected chi connectivity index (χ0v) is 9.87. The summed E-state index contributed by atoms with van der Waals surface area (Å²) in [5.41, 5.74) is 0.662. The number of thioether (sulfide) groups is 1. The average Bonchev–Trinajstić information content (AvgIpc) is 2.27. The highest BCUT2D eigenvalue weighted by Crippen LogP contribution is 2.20. The highest BCUT2D eigenvalue weighted by atomic mass is 32.2. The molecule has 0 saturated heterocycles. The fraction of sp³-hybridized carbons (Fsp3) is 0.333. The van der Waals surface area contributed by atoms with Crippen LogP contribution in [0.2, 0.25) is 0 Å². The van der Waals surface area contributed by atoms with Gasteiger partial charge in [0, 0.05) is 17.2 Å². The first-order valence-corrected chi connectivity index (χ1v) is 5.95. The Hall–Kier alpha value is -1.29. The first-order valence-electron chi connectivity index (χ1n) is 5.07. The van der Waals surface area contributed by atoms with E-state index in [4.69, 9.17) is 5.11 Å². The molecule has 0 heterocycles. The van der Waals surface area contributed by atoms with Gasteiger partial charge in [0.15, 0.2) is 0 Å². The number of carboxylic acid groups (broad SMARTS) is 1. The molecule has 0 fully saturated rings. The van der Waals surface area contributed by atoms with Crippen molar-refractivity contribution in [1.82, 2.24) is 0 Å². The van der Waals surface area contributed by atoms with E-state index in [1.165, 1.54) is 11.8 Å². The average molecular weight is 238 g/mol. The van der Waals surface area contributed by atoms with Gasteiger partial charge >= 0.3 is 5.97 Å². The molecule has 0 aromatic heterocycles. The molecule has 0 aliphatic carbocycles. The third-order valence-corrected chi connectivity index (χ3v) is 3.17. The highest BCUT2D eigenvalue weighted by Gasteiger charge is 2.12. The van der Waals surface area contributed by atoms with E-state index >= 15 is 0 Å². The summed E-state index contributed by atoms with van der Waals surface area (Å²) in [5, 5.41) is 8.55. The van der Waals surface area contributed by atoms with E-state index < -0.39 is 5.97 Å². The van der Waals surface area contributed by atoms with Crippen molar-refractivity contribution in [2.24, 2.45) is 0 Å². The van der Waals surface area contributed by atoms with E-state index in [-0.39, 0.29) is 16.8 Å². The third-order valence-electron chi connectivity index (χ3n) is 2.08. The van der Waals surface area contributed by atoms with Crippen LogP contribution in [0.25, 0.3) is 0 Å². The van der Waals surface area contributed by atoms with Gasteiger partial charge in [-0.2, -0.15) is 0 Å². The van der Waals surface area contributed by atoms with Crippen molar-refractivity contribution >= 4 is 22.8 Å². The Morgan fingerprint density at radius 2 is 1.94 bits per heavy atom. The maximum absolute atomic E-state index is 11.7. The van der Waals surface area contributed by atoms with Crippen LogP contribution in [0, 0.1) is 0 Å². The number of hydrogen-bond acceptors (Lipinski definition) is 3. The van der Waals surface area contributed by atoms with E-state index in [9.17, 15) is 9.59 Å². The smallest absolute Gasteiger partial charge is 0.303 e. The summed E-state index contributed by atoms with van der Waals surface area (Å²) in [6, 6.07) is 9.01. The molecular formula is C12H14O3S. The Morgan fingerprint density at radius 1 is 1.31 bits per heavy atom. The fourth-order valence-corrected chi connectivity index (χ4v) is 2.08. The predicted molar refractivity (Wildman–Crippen MR) is 64.7 cm³/mol. The predicted octanol–water partition coefficient (Wildman–Crippen LogP) is 2.81. The van der Waals surface area contributed by atoms with Crippen LogP contribution in [-0.4, -0.2) is 21.4 Å². The quantitative estimate of drug-likeness (QED) is 0.857. The SMILES string of the molecule is CC(CCC(=O)O)SC(=O)c1ccccc1. The number of benzene rings is 1. The van der Waals surface area contributed by atoms with Crippen LogP contribution in [-0.2, 0) is 4.79 Å². The van der Waals surface area contributed by atoms with Crippen LogP contribution in [0.15, 0.2) is 30.3 Å². The molecule has 0 amide bonds. The summed E-state index contributed by atoms with van der Waals surface area (Å²) in [6.07, 6.45) is 0.620. The van der Waals surface area contributed by atoms with Crippen LogP contribution in [0.4, 0.5) is 0 Å². The van der Waals surface area contributed by atoms with Crippen LogP contribution < -0.4 is 0 Å². The molecule has 86 valence electrons. The summed E-state index contributed by atoms with van der Waals surface area (Å²) < 4.78 is 0. The summed E-state index contributed by atoms with van der Waals surface area (Å²) in [5.74, 6) is -0.820. The topological polar surface area (TPSA) is 54.4 Å². The first-order chi connectivity index (χ1) is 7.59. The first kappa shape index (κ1) is 12.8. The van der Waals surface area contributed by atoms with Gasteiger partial charge in [0.25, 0.3) is 0 Å². The Labute approximate surface area is 98.9 Å². The lowest BCUT2D eigenvalue weighted by atomic mass is 10.2. The molecule has 1 unspecified atom stereocenters. The van der Waals surface area contributed by atoms with E-state index in [0.29, 0.717) is 12.0 Å². The maximum atomic E-state index is 11.7. The number of carboxylic acids is 1. The molecule has 0 spiro atoms. The molecule has 1 rings (SSSR count). The van der Waals surface area contributed by atoms with Gasteiger partial charge in [0.1, 0.15) is 0 Å². The summed E-state index contributed by atoms with van der Waals surface area (Å²) in [6.45, 7) is 1.87. The lowest BCUT2D eigenvalue weighted by Crippen LogP contribution is -2.06. The number of rotatable bonds is 5. The van der Waals surface area contributed by atoms with Crippen LogP contribution >= 0.6 is 11.8 Å². The summed E-state index contributed by atoms with van der Waals surface area (Å²) in [7, 11) is 0. The lowest BCUT2D eigenvalue weighted by Gasteiger charge is -2.08. The van der Waals surface area contributed by atoms with Crippen molar-refractivity contribution in [2.45, 2.75) is 25.0 Å². The molecule has 4 heteroatoms. The minimum atomic E-state index is -0.820. The normalized spacial score (nSPS) is 12.1. The molecule has 0 radical (unpaired) electrons. The number of hydrogen-bond donors (Lipinski definition) is 1. The molecule has 0 saturated carbocycles. The zero-order chi connectivity index (χ0) is 12.0. The minimum absolute atomic E-state index is 0.00140. The molecule has 1 aromatic rings. The van der Waals surface area contributed by atoms with Gasteiger partial charge in [-0.3, -0.25) is 9.59 Å². The lowest BCUT2D eigenvalue weighted by molar-refractivity contribution is -0.137. The molecule has 1 aromatic carbocycles. The van der Waals surface area contributed by atoms with Gasteiger partial charge in [-0.25, -0.2) is 0 Å². The largest absolute Gasteiger partial charge is 0.481 e. The second kappa shape index (κ2) is 6.33. The second-order valence-corrected chi connectivity index (χ2v) is 4.93. The minimum Gasteiger partial charge on any atom is -0.481 e. The molecule has 0 aliphatic heterocycles. The Balaban J connectivity index is 2.43. The van der Waals surface area contributed by atoms with Crippen molar-refractivity contribution < 1.29 is 14.7 Å². The van der Waals surface area contributed by atoms with Gasteiger partial charge in [0.2, 0.25) is 5.12 Å². The fourth-order valence-electron chi connectivity index (χ4n) is 1.21. The van der Waals surface area contributed by atoms with E-state index in [1.54, 1.807) is 12.1 Å². The molecule has 0 bridgehead atoms. The van der Waals surface area contributed by atoms with Gasteiger partial charge in [0.05, 0.1) is 0 Å². The van der Waals surface area contributed by atoms with E-state index in [0.717, 1.165) is 0 Å². The Kier molecular flexibility index (Phi) is 5.05. The molecular weight excluding hydrogens is 224 g/mol. The molecule has 1 atom stereocenters. The van der Waals surface area contributed by atoms with Crippen LogP contribution in [0.3, 0.4) is 0 Å². The highest BCUT2D eigenvalue weighted by molar-refractivity contribution is 8.14. The van der Waals surface area contributed by atoms with Gasteiger partial charge in [-0.05, 0) is 6.42 Å². The van der Waals surface area contributed by atoms with E-state index in [2.05, 4.69) is 0 Å². The standard InChI is InChI=1S/C12H14O3S/c1-9(7-8-11(13)14)16-12(15)10-5-3-2-4-6-10/h2-6,9H,7-8H2,1H3,(H,13,14). The number of carbonyl (C=O) groups is 2. The Morgan fingerprint density at radius 3 is 2.50 bits per heavy atom. The van der Waals surface area contributed by atoms with Crippen molar-refractivity contribution in [3.05, 3.63) is 35.9 Å². The van der Waals surface area contributed by atoms with Crippen molar-refractivity contribution in [3.8, 4) is 0 Å². The van der Waals surface area contributed by atoms with E-state index in [1.807, 2.05) is 25.1 Å². The van der Waals surface area contributed by atoms with Gasteiger partial charge in [-0.1, -0.05) is 49.0 Å². The summed E-state index contributed by atoms with van der Waals surface area (Å²) in [4.78, 5) is 22.1. The van der Waals surface area contributed by atoms with Crippen LogP contribution in [0.1, 0.15) is 30.1 Å². The van der Waals surface area contributed by atoms with Gasteiger partial charge in [-0.15, -0.1) is 0 Å². The van der Waals surface area contributed by atoms with Crippen molar-refractivity contribution in [1.29, 1.82) is 0 Å².